The third-order valence-electron chi connectivity index (χ3n) is 6.35. The maximum absolute atomic E-state index is 16.0. The van der Waals surface area contributed by atoms with Crippen LogP contribution in [0.15, 0.2) is 11.0 Å². The molecule has 2 aliphatic rings. The predicted molar refractivity (Wildman–Crippen MR) is 126 cm³/mol. The Morgan fingerprint density at radius 3 is 2.43 bits per heavy atom. The normalized spacial score (nSPS) is 18.1. The van der Waals surface area contributed by atoms with E-state index in [0.29, 0.717) is 19.3 Å². The van der Waals surface area contributed by atoms with E-state index in [1.165, 1.54) is 14.4 Å². The maximum Gasteiger partial charge on any atom is 0.410 e. The number of carboxylic acids is 1. The number of likely N-dealkylation sites (N-methyl/N-ethyl adjacent to an activating group) is 1. The van der Waals surface area contributed by atoms with Crippen LogP contribution in [0.5, 0.6) is 0 Å². The highest BCUT2D eigenvalue weighted by Crippen LogP contribution is 2.42. The lowest BCUT2D eigenvalue weighted by Crippen LogP contribution is -2.42. The van der Waals surface area contributed by atoms with Gasteiger partial charge in [0.05, 0.1) is 16.9 Å². The predicted octanol–water partition coefficient (Wildman–Crippen LogP) is 3.04. The van der Waals surface area contributed by atoms with Crippen LogP contribution in [0, 0.1) is 11.6 Å². The van der Waals surface area contributed by atoms with E-state index in [2.05, 4.69) is 5.43 Å². The summed E-state index contributed by atoms with van der Waals surface area (Å²) in [5, 5.41) is 9.03. The highest BCUT2D eigenvalue weighted by atomic mass is 19.1. The molecule has 0 spiro atoms. The number of nitrogens with two attached hydrogens (primary N) is 1. The fourth-order valence-electron chi connectivity index (χ4n) is 4.48. The highest BCUT2D eigenvalue weighted by molar-refractivity contribution is 6.00. The molecule has 0 unspecified atom stereocenters. The van der Waals surface area contributed by atoms with Crippen molar-refractivity contribution >= 4 is 34.3 Å². The summed E-state index contributed by atoms with van der Waals surface area (Å²) in [5.74, 6) is 1.98. The average molecular weight is 494 g/mol. The van der Waals surface area contributed by atoms with Crippen LogP contribution >= 0.6 is 0 Å². The lowest BCUT2D eigenvalue weighted by atomic mass is 10.1. The van der Waals surface area contributed by atoms with Gasteiger partial charge in [0.1, 0.15) is 22.5 Å². The van der Waals surface area contributed by atoms with E-state index in [9.17, 15) is 19.5 Å². The summed E-state index contributed by atoms with van der Waals surface area (Å²) in [4.78, 5) is 39.9. The number of amides is 1. The number of aromatic carboxylic acids is 1. The summed E-state index contributed by atoms with van der Waals surface area (Å²) >= 11 is 0. The van der Waals surface area contributed by atoms with Gasteiger partial charge in [-0.2, -0.15) is 0 Å². The van der Waals surface area contributed by atoms with Gasteiger partial charge < -0.3 is 29.6 Å². The first-order chi connectivity index (χ1) is 16.4. The summed E-state index contributed by atoms with van der Waals surface area (Å²) < 4.78 is 38.5. The number of pyridine rings is 1. The van der Waals surface area contributed by atoms with Gasteiger partial charge in [0.15, 0.2) is 11.6 Å². The number of carbonyl (C=O) groups is 2. The second-order valence-electron chi connectivity index (χ2n) is 10.0. The van der Waals surface area contributed by atoms with Gasteiger partial charge in [-0.25, -0.2) is 18.4 Å². The molecule has 10 nitrogen and oxygen atoms in total. The third kappa shape index (κ3) is 4.38. The van der Waals surface area contributed by atoms with Crippen LogP contribution in [0.25, 0.3) is 10.9 Å². The minimum Gasteiger partial charge on any atom is -0.477 e. The second kappa shape index (κ2) is 8.67. The van der Waals surface area contributed by atoms with Crippen molar-refractivity contribution in [3.63, 3.8) is 0 Å². The number of ether oxygens (including phenoxy) is 1. The van der Waals surface area contributed by atoms with Gasteiger partial charge in [-0.05, 0) is 40.0 Å². The lowest BCUT2D eigenvalue weighted by molar-refractivity contribution is 0.0237. The number of hydrogen-bond donors (Lipinski definition) is 3. The standard InChI is InChI=1S/C23H29F2N5O5/c1-23(2,3)35-22(34)28(4)12-7-8-29(9-12)19-15(24)17(27-26)14-18(16(19)25)30(11-5-6-11)10-13(20(14)31)21(32)33/h10-12,27H,5-9,26H2,1-4H3,(H,32,33)/t12-/m1/s1. The highest BCUT2D eigenvalue weighted by Gasteiger charge is 2.37. The van der Waals surface area contributed by atoms with E-state index in [4.69, 9.17) is 10.6 Å². The molecule has 1 saturated heterocycles. The summed E-state index contributed by atoms with van der Waals surface area (Å²) in [7, 11) is 1.57. The van der Waals surface area contributed by atoms with Crippen LogP contribution in [0.4, 0.5) is 25.0 Å². The van der Waals surface area contributed by atoms with Crippen LogP contribution < -0.4 is 21.6 Å². The van der Waals surface area contributed by atoms with Gasteiger partial charge in [0.2, 0.25) is 5.43 Å². The zero-order valence-electron chi connectivity index (χ0n) is 20.0. The zero-order valence-corrected chi connectivity index (χ0v) is 20.0. The maximum atomic E-state index is 16.0. The first-order valence-electron chi connectivity index (χ1n) is 11.4. The average Bonchev–Trinajstić information content (AvgIpc) is 3.50. The molecule has 0 bridgehead atoms. The fraction of sp³-hybridized carbons (Fsp3) is 0.522. The monoisotopic (exact) mass is 493 g/mol. The number of aromatic nitrogens is 1. The molecular weight excluding hydrogens is 464 g/mol. The van der Waals surface area contributed by atoms with Crippen LogP contribution in [0.1, 0.15) is 56.4 Å². The molecule has 0 radical (unpaired) electrons. The number of nitrogens with one attached hydrogen (secondary N) is 1. The van der Waals surface area contributed by atoms with Crippen molar-refractivity contribution in [3.8, 4) is 0 Å². The summed E-state index contributed by atoms with van der Waals surface area (Å²) in [6, 6.07) is -0.576. The molecule has 1 atom stereocenters. The minimum atomic E-state index is -1.49. The number of halogens is 2. The van der Waals surface area contributed by atoms with E-state index >= 15 is 8.78 Å². The largest absolute Gasteiger partial charge is 0.477 e. The van der Waals surface area contributed by atoms with Crippen LogP contribution in [0.3, 0.4) is 0 Å². The minimum absolute atomic E-state index is 0.125. The number of nitrogen functional groups attached to an aromatic ring is 1. The Balaban J connectivity index is 1.81. The summed E-state index contributed by atoms with van der Waals surface area (Å²) in [6.07, 6.45) is 2.34. The Kier molecular flexibility index (Phi) is 6.12. The van der Waals surface area contributed by atoms with Crippen molar-refractivity contribution in [2.24, 2.45) is 5.84 Å². The second-order valence-corrected chi connectivity index (χ2v) is 10.0. The Morgan fingerprint density at radius 2 is 1.89 bits per heavy atom. The van der Waals surface area contributed by atoms with Crippen molar-refractivity contribution in [3.05, 3.63) is 33.6 Å². The SMILES string of the molecule is CN(C(=O)OC(C)(C)C)[C@@H]1CCN(c2c(F)c(NN)c3c(=O)c(C(=O)O)cn(C4CC4)c3c2F)C1. The van der Waals surface area contributed by atoms with Gasteiger partial charge in [-0.3, -0.25) is 10.6 Å². The van der Waals surface area contributed by atoms with Gasteiger partial charge >= 0.3 is 12.1 Å². The molecule has 2 fully saturated rings. The van der Waals surface area contributed by atoms with Crippen LogP contribution in [-0.2, 0) is 4.74 Å². The Bertz CT molecular complexity index is 1270. The van der Waals surface area contributed by atoms with Crippen molar-refractivity contribution in [2.75, 3.05) is 30.5 Å². The van der Waals surface area contributed by atoms with Crippen molar-refractivity contribution < 1.29 is 28.2 Å². The molecule has 2 aromatic rings. The molecule has 4 N–H and O–H groups in total. The molecule has 1 aromatic heterocycles. The number of hydrogen-bond acceptors (Lipinski definition) is 7. The molecule has 1 aliphatic carbocycles. The Morgan fingerprint density at radius 1 is 1.23 bits per heavy atom. The third-order valence-corrected chi connectivity index (χ3v) is 6.35. The lowest BCUT2D eigenvalue weighted by Gasteiger charge is -2.29. The molecule has 12 heteroatoms. The van der Waals surface area contributed by atoms with Crippen molar-refractivity contribution in [2.45, 2.75) is 57.7 Å². The number of nitrogens with zero attached hydrogens (tertiary/aromatic N) is 3. The Hall–Kier alpha value is -3.41. The number of carboxylic acid groups (broad SMARTS) is 1. The Labute approximate surface area is 200 Å². The van der Waals surface area contributed by atoms with Gasteiger partial charge in [0.25, 0.3) is 0 Å². The molecule has 1 saturated carbocycles. The molecular formula is C23H29F2N5O5. The quantitative estimate of drug-likeness (QED) is 0.428. The number of anilines is 2. The van der Waals surface area contributed by atoms with Crippen molar-refractivity contribution in [1.82, 2.24) is 9.47 Å². The molecule has 1 amide bonds. The fourth-order valence-corrected chi connectivity index (χ4v) is 4.48. The molecule has 1 aliphatic heterocycles. The van der Waals surface area contributed by atoms with Gasteiger partial charge in [0, 0.05) is 32.4 Å². The number of carbonyl (C=O) groups excluding carboxylic acids is 1. The molecule has 2 heterocycles. The van der Waals surface area contributed by atoms with E-state index in [1.54, 1.807) is 27.8 Å². The first kappa shape index (κ1) is 24.7. The smallest absolute Gasteiger partial charge is 0.410 e. The topological polar surface area (TPSA) is 130 Å². The van der Waals surface area contributed by atoms with Gasteiger partial charge in [-0.1, -0.05) is 0 Å². The van der Waals surface area contributed by atoms with E-state index < -0.39 is 51.4 Å². The van der Waals surface area contributed by atoms with Gasteiger partial charge in [-0.15, -0.1) is 0 Å². The molecule has 190 valence electrons. The van der Waals surface area contributed by atoms with Crippen LogP contribution in [-0.4, -0.2) is 58.4 Å². The number of fused-ring (bicyclic) bond motifs is 1. The number of benzene rings is 1. The zero-order chi connectivity index (χ0) is 25.8. The number of hydrazine groups is 1. The molecule has 1 aromatic carbocycles. The summed E-state index contributed by atoms with van der Waals surface area (Å²) in [6.45, 7) is 5.60. The first-order valence-corrected chi connectivity index (χ1v) is 11.4. The van der Waals surface area contributed by atoms with E-state index in [1.807, 2.05) is 0 Å². The van der Waals surface area contributed by atoms with E-state index in [-0.39, 0.29) is 36.4 Å². The number of rotatable bonds is 5. The van der Waals surface area contributed by atoms with Crippen LogP contribution in [0.2, 0.25) is 0 Å². The van der Waals surface area contributed by atoms with E-state index in [0.717, 1.165) is 6.20 Å². The molecule has 35 heavy (non-hydrogen) atoms. The van der Waals surface area contributed by atoms with Crippen molar-refractivity contribution in [1.29, 1.82) is 0 Å². The molecule has 4 rings (SSSR count). The summed E-state index contributed by atoms with van der Waals surface area (Å²) in [5.41, 5.74) is -1.22.